The quantitative estimate of drug-likeness (QED) is 0.912. The SMILES string of the molecule is CCCC(=O)Nc1c(C)nn(Cc2ccccc2C)c1C. The average molecular weight is 285 g/mol. The van der Waals surface area contributed by atoms with Crippen LogP contribution in [0.3, 0.4) is 0 Å². The average Bonchev–Trinajstić information content (AvgIpc) is 2.69. The van der Waals surface area contributed by atoms with Crippen LogP contribution in [-0.2, 0) is 11.3 Å². The smallest absolute Gasteiger partial charge is 0.224 e. The van der Waals surface area contributed by atoms with E-state index in [1.54, 1.807) is 0 Å². The highest BCUT2D eigenvalue weighted by molar-refractivity contribution is 5.91. The molecule has 21 heavy (non-hydrogen) atoms. The molecule has 4 nitrogen and oxygen atoms in total. The molecule has 1 aromatic heterocycles. The van der Waals surface area contributed by atoms with E-state index in [9.17, 15) is 4.79 Å². The zero-order valence-corrected chi connectivity index (χ0v) is 13.2. The molecule has 0 aliphatic heterocycles. The van der Waals surface area contributed by atoms with Crippen molar-refractivity contribution in [3.8, 4) is 0 Å². The maximum Gasteiger partial charge on any atom is 0.224 e. The molecule has 0 saturated carbocycles. The molecular formula is C17H23N3O. The van der Waals surface area contributed by atoms with Gasteiger partial charge in [-0.3, -0.25) is 9.48 Å². The minimum atomic E-state index is 0.0548. The van der Waals surface area contributed by atoms with Gasteiger partial charge in [-0.25, -0.2) is 0 Å². The fourth-order valence-corrected chi connectivity index (χ4v) is 2.41. The van der Waals surface area contributed by atoms with Crippen molar-refractivity contribution in [2.24, 2.45) is 0 Å². The number of carbonyl (C=O) groups excluding carboxylic acids is 1. The third-order valence-electron chi connectivity index (χ3n) is 3.70. The number of benzene rings is 1. The predicted molar refractivity (Wildman–Crippen MR) is 85.5 cm³/mol. The lowest BCUT2D eigenvalue weighted by Crippen LogP contribution is -2.12. The van der Waals surface area contributed by atoms with E-state index in [4.69, 9.17) is 0 Å². The Morgan fingerprint density at radius 1 is 1.24 bits per heavy atom. The van der Waals surface area contributed by atoms with Crippen LogP contribution in [0, 0.1) is 20.8 Å². The Kier molecular flexibility index (Phi) is 4.78. The first kappa shape index (κ1) is 15.3. The summed E-state index contributed by atoms with van der Waals surface area (Å²) >= 11 is 0. The number of hydrogen-bond donors (Lipinski definition) is 1. The van der Waals surface area contributed by atoms with Crippen LogP contribution in [0.2, 0.25) is 0 Å². The number of rotatable bonds is 5. The van der Waals surface area contributed by atoms with Crippen molar-refractivity contribution in [2.45, 2.75) is 47.1 Å². The Balaban J connectivity index is 2.23. The van der Waals surface area contributed by atoms with Crippen LogP contribution >= 0.6 is 0 Å². The minimum absolute atomic E-state index is 0.0548. The largest absolute Gasteiger partial charge is 0.323 e. The second kappa shape index (κ2) is 6.57. The molecule has 1 N–H and O–H groups in total. The van der Waals surface area contributed by atoms with Crippen LogP contribution < -0.4 is 5.32 Å². The maximum absolute atomic E-state index is 11.8. The Hall–Kier alpha value is -2.10. The molecule has 0 radical (unpaired) electrons. The first-order valence-corrected chi connectivity index (χ1v) is 7.41. The number of amides is 1. The highest BCUT2D eigenvalue weighted by Crippen LogP contribution is 2.21. The number of hydrogen-bond acceptors (Lipinski definition) is 2. The van der Waals surface area contributed by atoms with Gasteiger partial charge >= 0.3 is 0 Å². The van der Waals surface area contributed by atoms with Crippen molar-refractivity contribution in [2.75, 3.05) is 5.32 Å². The lowest BCUT2D eigenvalue weighted by atomic mass is 10.1. The molecule has 1 amide bonds. The Labute approximate surface area is 126 Å². The van der Waals surface area contributed by atoms with Gasteiger partial charge in [-0.1, -0.05) is 31.2 Å². The van der Waals surface area contributed by atoms with E-state index in [2.05, 4.69) is 29.5 Å². The lowest BCUT2D eigenvalue weighted by Gasteiger charge is -2.08. The van der Waals surface area contributed by atoms with Gasteiger partial charge in [0, 0.05) is 6.42 Å². The van der Waals surface area contributed by atoms with Crippen molar-refractivity contribution < 1.29 is 4.79 Å². The van der Waals surface area contributed by atoms with Crippen LogP contribution in [0.25, 0.3) is 0 Å². The summed E-state index contributed by atoms with van der Waals surface area (Å²) in [6, 6.07) is 8.29. The number of carbonyl (C=O) groups is 1. The van der Waals surface area contributed by atoms with Crippen molar-refractivity contribution in [3.05, 3.63) is 46.8 Å². The summed E-state index contributed by atoms with van der Waals surface area (Å²) in [5.41, 5.74) is 5.21. The molecule has 0 aliphatic carbocycles. The first-order chi connectivity index (χ1) is 10.0. The van der Waals surface area contributed by atoms with E-state index < -0.39 is 0 Å². The second-order valence-electron chi connectivity index (χ2n) is 5.43. The van der Waals surface area contributed by atoms with Crippen LogP contribution in [0.15, 0.2) is 24.3 Å². The third kappa shape index (κ3) is 3.51. The molecule has 1 heterocycles. The summed E-state index contributed by atoms with van der Waals surface area (Å²) in [5.74, 6) is 0.0548. The first-order valence-electron chi connectivity index (χ1n) is 7.41. The van der Waals surface area contributed by atoms with Gasteiger partial charge in [-0.15, -0.1) is 0 Å². The van der Waals surface area contributed by atoms with Gasteiger partial charge in [0.2, 0.25) is 5.91 Å². The van der Waals surface area contributed by atoms with Gasteiger partial charge in [0.1, 0.15) is 0 Å². The summed E-state index contributed by atoms with van der Waals surface area (Å²) in [4.78, 5) is 11.8. The molecular weight excluding hydrogens is 262 g/mol. The molecule has 0 saturated heterocycles. The summed E-state index contributed by atoms with van der Waals surface area (Å²) < 4.78 is 1.96. The van der Waals surface area contributed by atoms with Gasteiger partial charge < -0.3 is 5.32 Å². The highest BCUT2D eigenvalue weighted by atomic mass is 16.1. The third-order valence-corrected chi connectivity index (χ3v) is 3.70. The van der Waals surface area contributed by atoms with E-state index in [-0.39, 0.29) is 5.91 Å². The maximum atomic E-state index is 11.8. The van der Waals surface area contributed by atoms with Crippen molar-refractivity contribution >= 4 is 11.6 Å². The van der Waals surface area contributed by atoms with E-state index >= 15 is 0 Å². The topological polar surface area (TPSA) is 46.9 Å². The van der Waals surface area contributed by atoms with E-state index in [0.29, 0.717) is 6.42 Å². The number of aromatic nitrogens is 2. The van der Waals surface area contributed by atoms with Gasteiger partial charge in [0.05, 0.1) is 23.6 Å². The number of nitrogens with one attached hydrogen (secondary N) is 1. The fraction of sp³-hybridized carbons (Fsp3) is 0.412. The number of aryl methyl sites for hydroxylation is 2. The van der Waals surface area contributed by atoms with E-state index in [1.807, 2.05) is 37.6 Å². The molecule has 0 unspecified atom stereocenters. The van der Waals surface area contributed by atoms with Gasteiger partial charge in [-0.05, 0) is 38.3 Å². The molecule has 0 bridgehead atoms. The molecule has 112 valence electrons. The number of anilines is 1. The lowest BCUT2D eigenvalue weighted by molar-refractivity contribution is -0.116. The van der Waals surface area contributed by atoms with Crippen molar-refractivity contribution in [1.82, 2.24) is 9.78 Å². The van der Waals surface area contributed by atoms with E-state index in [1.165, 1.54) is 11.1 Å². The van der Waals surface area contributed by atoms with Gasteiger partial charge in [0.15, 0.2) is 0 Å². The van der Waals surface area contributed by atoms with Crippen molar-refractivity contribution in [1.29, 1.82) is 0 Å². The zero-order valence-electron chi connectivity index (χ0n) is 13.2. The summed E-state index contributed by atoms with van der Waals surface area (Å²) in [7, 11) is 0. The standard InChI is InChI=1S/C17H23N3O/c1-5-8-16(21)18-17-13(3)19-20(14(17)4)11-15-10-7-6-9-12(15)2/h6-7,9-10H,5,8,11H2,1-4H3,(H,18,21). The monoisotopic (exact) mass is 285 g/mol. The van der Waals surface area contributed by atoms with Gasteiger partial charge in [0.25, 0.3) is 0 Å². The molecule has 4 heteroatoms. The summed E-state index contributed by atoms with van der Waals surface area (Å²) in [6.07, 6.45) is 1.39. The molecule has 2 aromatic rings. The predicted octanol–water partition coefficient (Wildman–Crippen LogP) is 3.60. The summed E-state index contributed by atoms with van der Waals surface area (Å²) in [6.45, 7) is 8.76. The van der Waals surface area contributed by atoms with Gasteiger partial charge in [-0.2, -0.15) is 5.10 Å². The zero-order chi connectivity index (χ0) is 15.4. The van der Waals surface area contributed by atoms with Crippen LogP contribution in [-0.4, -0.2) is 15.7 Å². The fourth-order valence-electron chi connectivity index (χ4n) is 2.41. The molecule has 0 fully saturated rings. The molecule has 0 aliphatic rings. The van der Waals surface area contributed by atoms with E-state index in [0.717, 1.165) is 30.0 Å². The number of nitrogens with zero attached hydrogens (tertiary/aromatic N) is 2. The Morgan fingerprint density at radius 2 is 1.95 bits per heavy atom. The van der Waals surface area contributed by atoms with Crippen molar-refractivity contribution in [3.63, 3.8) is 0 Å². The highest BCUT2D eigenvalue weighted by Gasteiger charge is 2.14. The van der Waals surface area contributed by atoms with Crippen LogP contribution in [0.4, 0.5) is 5.69 Å². The Bertz CT molecular complexity index is 643. The van der Waals surface area contributed by atoms with Crippen LogP contribution in [0.5, 0.6) is 0 Å². The van der Waals surface area contributed by atoms with Crippen LogP contribution in [0.1, 0.15) is 42.3 Å². The second-order valence-corrected chi connectivity index (χ2v) is 5.43. The minimum Gasteiger partial charge on any atom is -0.323 e. The normalized spacial score (nSPS) is 10.7. The Morgan fingerprint density at radius 3 is 2.62 bits per heavy atom. The molecule has 1 aromatic carbocycles. The molecule has 0 atom stereocenters. The summed E-state index contributed by atoms with van der Waals surface area (Å²) in [5, 5.41) is 7.54. The molecule has 2 rings (SSSR count). The molecule has 0 spiro atoms.